The molecule has 1 aromatic carbocycles. The van der Waals surface area contributed by atoms with E-state index in [0.717, 1.165) is 0 Å². The lowest BCUT2D eigenvalue weighted by molar-refractivity contribution is 1.61. The molecule has 2 heteroatoms. The van der Waals surface area contributed by atoms with Gasteiger partial charge in [0.25, 0.3) is 0 Å². The lowest BCUT2D eigenvalue weighted by atomic mass is 10.1. The molecular formula is C10H4I2. The maximum absolute atomic E-state index is 7.69. The molecule has 0 atom stereocenters. The van der Waals surface area contributed by atoms with E-state index in [2.05, 4.69) is 19.7 Å². The van der Waals surface area contributed by atoms with Gasteiger partial charge in [-0.2, -0.15) is 0 Å². The molecule has 0 fully saturated rings. The Labute approximate surface area is 105 Å². The van der Waals surface area contributed by atoms with Gasteiger partial charge in [0, 0.05) is 56.3 Å². The third-order valence-corrected chi connectivity index (χ3v) is 1.51. The van der Waals surface area contributed by atoms with Crippen molar-refractivity contribution in [2.75, 3.05) is 0 Å². The Bertz CT molecular complexity index is 478. The summed E-state index contributed by atoms with van der Waals surface area (Å²) in [4.78, 5) is 0. The van der Waals surface area contributed by atoms with Crippen LogP contribution < -0.4 is 0 Å². The van der Waals surface area contributed by atoms with Gasteiger partial charge >= 0.3 is 0 Å². The van der Waals surface area contributed by atoms with Gasteiger partial charge in [-0.05, 0) is 32.0 Å². The first-order chi connectivity index (χ1) is 7.54. The van der Waals surface area contributed by atoms with Crippen LogP contribution in [0.2, 0.25) is 0 Å². The number of halogens is 2. The van der Waals surface area contributed by atoms with Gasteiger partial charge in [0.2, 0.25) is 0 Å². The van der Waals surface area contributed by atoms with E-state index in [1.165, 1.54) is 0 Å². The molecule has 0 nitrogen and oxygen atoms in total. The first kappa shape index (κ1) is 5.51. The van der Waals surface area contributed by atoms with Gasteiger partial charge < -0.3 is 0 Å². The van der Waals surface area contributed by atoms with Crippen molar-refractivity contribution in [3.63, 3.8) is 0 Å². The van der Waals surface area contributed by atoms with Gasteiger partial charge in [0.05, 0.1) is 5.48 Å². The smallest absolute Gasteiger partial charge is 0.0556 e. The predicted octanol–water partition coefficient (Wildman–Crippen LogP) is 3.17. The van der Waals surface area contributed by atoms with Crippen LogP contribution in [0.25, 0.3) is 0 Å². The quantitative estimate of drug-likeness (QED) is 0.478. The standard InChI is InChI=1S/C10H4I2/c11-7-5-9-1-2-10(4-3-9)6-8-12/h1-4H/i1D,2D,3D,4D. The Morgan fingerprint density at radius 1 is 0.917 bits per heavy atom. The normalized spacial score (nSPS) is 12.2. The van der Waals surface area contributed by atoms with Gasteiger partial charge in [-0.1, -0.05) is 11.8 Å². The predicted molar refractivity (Wildman–Crippen MR) is 68.2 cm³/mol. The minimum Gasteiger partial charge on any atom is -0.0556 e. The summed E-state index contributed by atoms with van der Waals surface area (Å²) in [6, 6.07) is -0.558. The van der Waals surface area contributed by atoms with E-state index in [0.29, 0.717) is 0 Å². The average Bonchev–Trinajstić information content (AvgIpc) is 2.28. The molecule has 0 heterocycles. The Hall–Kier alpha value is -0.200. The second-order valence-corrected chi connectivity index (χ2v) is 2.77. The zero-order valence-electron chi connectivity index (χ0n) is 9.76. The van der Waals surface area contributed by atoms with Gasteiger partial charge in [-0.3, -0.25) is 0 Å². The van der Waals surface area contributed by atoms with Crippen molar-refractivity contribution in [3.8, 4) is 19.7 Å². The maximum atomic E-state index is 7.69. The van der Waals surface area contributed by atoms with Gasteiger partial charge in [-0.15, -0.1) is 0 Å². The highest BCUT2D eigenvalue weighted by molar-refractivity contribution is 14.1. The van der Waals surface area contributed by atoms with Crippen LogP contribution in [0.3, 0.4) is 0 Å². The van der Waals surface area contributed by atoms with Crippen LogP contribution in [0.4, 0.5) is 0 Å². The summed E-state index contributed by atoms with van der Waals surface area (Å²) in [5.41, 5.74) is 0.229. The zero-order chi connectivity index (χ0) is 12.3. The van der Waals surface area contributed by atoms with E-state index in [9.17, 15) is 0 Å². The van der Waals surface area contributed by atoms with Gasteiger partial charge in [0.15, 0.2) is 0 Å². The third kappa shape index (κ3) is 3.04. The van der Waals surface area contributed by atoms with E-state index >= 15 is 0 Å². The van der Waals surface area contributed by atoms with Crippen molar-refractivity contribution in [2.45, 2.75) is 0 Å². The molecule has 58 valence electrons. The molecule has 0 radical (unpaired) electrons. The highest BCUT2D eigenvalue weighted by atomic mass is 127. The first-order valence-electron chi connectivity index (χ1n) is 4.88. The zero-order valence-corrected chi connectivity index (χ0v) is 10.1. The third-order valence-electron chi connectivity index (χ3n) is 0.969. The minimum absolute atomic E-state index is 0.114. The van der Waals surface area contributed by atoms with Gasteiger partial charge in [0.1, 0.15) is 0 Å². The van der Waals surface area contributed by atoms with E-state index in [1.807, 2.05) is 0 Å². The van der Waals surface area contributed by atoms with Crippen LogP contribution in [0.5, 0.6) is 0 Å². The van der Waals surface area contributed by atoms with E-state index in [-0.39, 0.29) is 35.3 Å². The molecule has 0 saturated carbocycles. The summed E-state index contributed by atoms with van der Waals surface area (Å²) in [6.07, 6.45) is 0. The second-order valence-electron chi connectivity index (χ2n) is 1.69. The Morgan fingerprint density at radius 2 is 1.25 bits per heavy atom. The van der Waals surface area contributed by atoms with Gasteiger partial charge in [-0.25, -0.2) is 0 Å². The molecule has 0 amide bonds. The summed E-state index contributed by atoms with van der Waals surface area (Å²) < 4.78 is 35.8. The SMILES string of the molecule is [2H]c1c([2H])c(C#CI)c([2H])c([2H])c1C#CI. The molecule has 0 aliphatic rings. The van der Waals surface area contributed by atoms with Crippen molar-refractivity contribution in [1.82, 2.24) is 0 Å². The van der Waals surface area contributed by atoms with E-state index in [4.69, 9.17) is 5.48 Å². The summed E-state index contributed by atoms with van der Waals surface area (Å²) in [5, 5.41) is 0. The van der Waals surface area contributed by atoms with Crippen LogP contribution in [-0.4, -0.2) is 0 Å². The summed E-state index contributed by atoms with van der Waals surface area (Å²) in [6.45, 7) is 0. The average molecular weight is 382 g/mol. The highest BCUT2D eigenvalue weighted by Gasteiger charge is 1.86. The monoisotopic (exact) mass is 382 g/mol. The van der Waals surface area contributed by atoms with Crippen LogP contribution in [0, 0.1) is 19.7 Å². The van der Waals surface area contributed by atoms with Crippen molar-refractivity contribution in [1.29, 1.82) is 0 Å². The fraction of sp³-hybridized carbons (Fsp3) is 0. The van der Waals surface area contributed by atoms with Crippen molar-refractivity contribution in [3.05, 3.63) is 35.3 Å². The fourth-order valence-corrected chi connectivity index (χ4v) is 1.07. The molecule has 1 rings (SSSR count). The lowest BCUT2D eigenvalue weighted by Gasteiger charge is -1.89. The molecule has 0 spiro atoms. The molecule has 0 unspecified atom stereocenters. The largest absolute Gasteiger partial charge is 0.0636 e. The maximum Gasteiger partial charge on any atom is 0.0636 e. The Balaban J connectivity index is 3.71. The number of rotatable bonds is 0. The highest BCUT2D eigenvalue weighted by Crippen LogP contribution is 2.02. The number of hydrogen-bond donors (Lipinski definition) is 0. The van der Waals surface area contributed by atoms with Crippen LogP contribution in [-0.2, 0) is 0 Å². The molecule has 12 heavy (non-hydrogen) atoms. The van der Waals surface area contributed by atoms with Crippen molar-refractivity contribution >= 4 is 45.2 Å². The Kier molecular flexibility index (Phi) is 2.50. The minimum atomic E-state index is -0.140. The molecule has 0 bridgehead atoms. The molecular weight excluding hydrogens is 374 g/mol. The van der Waals surface area contributed by atoms with E-state index < -0.39 is 0 Å². The summed E-state index contributed by atoms with van der Waals surface area (Å²) in [5.74, 6) is 5.13. The number of hydrogen-bond acceptors (Lipinski definition) is 0. The molecule has 0 N–H and O–H groups in total. The molecule has 0 aromatic heterocycles. The second kappa shape index (κ2) is 5.45. The van der Waals surface area contributed by atoms with Crippen LogP contribution >= 0.6 is 45.2 Å². The summed E-state index contributed by atoms with van der Waals surface area (Å²) >= 11 is 3.59. The molecule has 0 saturated heterocycles. The molecule has 0 aliphatic carbocycles. The molecule has 1 aromatic rings. The molecule has 0 aliphatic heterocycles. The number of benzene rings is 1. The fourth-order valence-electron chi connectivity index (χ4n) is 0.532. The van der Waals surface area contributed by atoms with Crippen molar-refractivity contribution < 1.29 is 5.48 Å². The van der Waals surface area contributed by atoms with E-state index in [1.54, 1.807) is 45.2 Å². The van der Waals surface area contributed by atoms with Crippen molar-refractivity contribution in [2.24, 2.45) is 0 Å². The summed E-state index contributed by atoms with van der Waals surface area (Å²) in [7, 11) is 0. The topological polar surface area (TPSA) is 0 Å². The first-order valence-corrected chi connectivity index (χ1v) is 5.04. The Morgan fingerprint density at radius 3 is 1.50 bits per heavy atom. The van der Waals surface area contributed by atoms with Crippen LogP contribution in [0.15, 0.2) is 24.2 Å². The van der Waals surface area contributed by atoms with Crippen LogP contribution in [0.1, 0.15) is 16.6 Å². The lowest BCUT2D eigenvalue weighted by Crippen LogP contribution is -1.75.